The molecular formula is C19H23FN4O4S. The highest BCUT2D eigenvalue weighted by molar-refractivity contribution is 7.90. The Kier molecular flexibility index (Phi) is 5.20. The number of amides is 1. The first-order valence-corrected chi connectivity index (χ1v) is 11.4. The van der Waals surface area contributed by atoms with Crippen molar-refractivity contribution in [3.05, 3.63) is 40.8 Å². The molecule has 1 saturated carbocycles. The first-order chi connectivity index (χ1) is 13.8. The lowest BCUT2D eigenvalue weighted by atomic mass is 10.0. The maximum absolute atomic E-state index is 14.7. The van der Waals surface area contributed by atoms with Gasteiger partial charge in [0, 0.05) is 29.8 Å². The third-order valence-electron chi connectivity index (χ3n) is 5.36. The summed E-state index contributed by atoms with van der Waals surface area (Å²) in [6.45, 7) is 2.36. The van der Waals surface area contributed by atoms with E-state index in [9.17, 15) is 17.6 Å². The summed E-state index contributed by atoms with van der Waals surface area (Å²) in [5.74, 6) is -0.317. The Balaban J connectivity index is 1.42. The van der Waals surface area contributed by atoms with Crippen molar-refractivity contribution in [2.45, 2.75) is 49.7 Å². The quantitative estimate of drug-likeness (QED) is 0.682. The van der Waals surface area contributed by atoms with Crippen LogP contribution in [0.2, 0.25) is 0 Å². The molecule has 8 nitrogen and oxygen atoms in total. The van der Waals surface area contributed by atoms with Crippen LogP contribution in [0.25, 0.3) is 0 Å². The Morgan fingerprint density at radius 2 is 2.17 bits per heavy atom. The number of carbonyl (C=O) groups is 1. The molecular weight excluding hydrogens is 399 g/mol. The molecule has 3 N–H and O–H groups in total. The van der Waals surface area contributed by atoms with E-state index in [0.29, 0.717) is 24.3 Å². The van der Waals surface area contributed by atoms with E-state index in [1.54, 1.807) is 6.07 Å². The van der Waals surface area contributed by atoms with E-state index in [2.05, 4.69) is 20.8 Å². The van der Waals surface area contributed by atoms with Gasteiger partial charge in [-0.2, -0.15) is 5.10 Å². The van der Waals surface area contributed by atoms with Gasteiger partial charge in [0.2, 0.25) is 0 Å². The summed E-state index contributed by atoms with van der Waals surface area (Å²) in [7, 11) is -3.27. The van der Waals surface area contributed by atoms with Crippen LogP contribution in [0.3, 0.4) is 0 Å². The maximum Gasteiger partial charge on any atom is 0.407 e. The number of carbonyl (C=O) groups excluding carboxylic acids is 1. The molecule has 29 heavy (non-hydrogen) atoms. The fourth-order valence-electron chi connectivity index (χ4n) is 3.97. The van der Waals surface area contributed by atoms with Crippen LogP contribution < -0.4 is 10.6 Å². The number of hydrogen-bond donors (Lipinski definition) is 3. The number of ether oxygens (including phenoxy) is 1. The summed E-state index contributed by atoms with van der Waals surface area (Å²) < 4.78 is 43.6. The fraction of sp³-hybridized carbons (Fsp3) is 0.474. The summed E-state index contributed by atoms with van der Waals surface area (Å²) in [6.07, 6.45) is 1.79. The summed E-state index contributed by atoms with van der Waals surface area (Å²) >= 11 is 0. The number of fused-ring (bicyclic) bond motifs is 1. The van der Waals surface area contributed by atoms with Gasteiger partial charge in [-0.3, -0.25) is 5.10 Å². The third kappa shape index (κ3) is 4.21. The highest BCUT2D eigenvalue weighted by Gasteiger charge is 2.31. The topological polar surface area (TPSA) is 113 Å². The van der Waals surface area contributed by atoms with E-state index < -0.39 is 21.7 Å². The molecule has 1 aliphatic carbocycles. The molecule has 2 unspecified atom stereocenters. The van der Waals surface area contributed by atoms with Crippen LogP contribution in [0.1, 0.15) is 48.9 Å². The van der Waals surface area contributed by atoms with Gasteiger partial charge in [0.05, 0.1) is 17.2 Å². The highest BCUT2D eigenvalue weighted by atomic mass is 32.2. The number of nitrogens with one attached hydrogen (secondary N) is 3. The Morgan fingerprint density at radius 1 is 1.34 bits per heavy atom. The van der Waals surface area contributed by atoms with Crippen molar-refractivity contribution < 1.29 is 22.3 Å². The van der Waals surface area contributed by atoms with E-state index in [0.717, 1.165) is 18.5 Å². The summed E-state index contributed by atoms with van der Waals surface area (Å²) in [4.78, 5) is 11.6. The van der Waals surface area contributed by atoms with E-state index in [-0.39, 0.29) is 34.8 Å². The second-order valence-electron chi connectivity index (χ2n) is 7.50. The Bertz CT molecular complexity index is 1040. The van der Waals surface area contributed by atoms with Crippen molar-refractivity contribution >= 4 is 27.4 Å². The molecule has 1 fully saturated rings. The van der Waals surface area contributed by atoms with Crippen LogP contribution in [0.15, 0.2) is 18.2 Å². The number of aromatic amines is 1. The van der Waals surface area contributed by atoms with Crippen LogP contribution >= 0.6 is 0 Å². The van der Waals surface area contributed by atoms with Gasteiger partial charge >= 0.3 is 6.09 Å². The Hall–Kier alpha value is -2.62. The summed E-state index contributed by atoms with van der Waals surface area (Å²) in [5, 5.41) is 12.7. The number of nitrogens with zero attached hydrogens (tertiary/aromatic N) is 1. The molecule has 156 valence electrons. The molecule has 2 aromatic rings. The van der Waals surface area contributed by atoms with Gasteiger partial charge in [-0.25, -0.2) is 17.6 Å². The van der Waals surface area contributed by atoms with Crippen LogP contribution in [0.4, 0.5) is 20.7 Å². The fourth-order valence-corrected chi connectivity index (χ4v) is 5.57. The second-order valence-corrected chi connectivity index (χ2v) is 9.56. The largest absolute Gasteiger partial charge is 0.446 e. The first-order valence-electron chi connectivity index (χ1n) is 9.62. The number of alkyl carbamates (subject to hydrolysis) is 1. The molecule has 0 radical (unpaired) electrons. The van der Waals surface area contributed by atoms with Crippen LogP contribution in [-0.2, 0) is 26.1 Å². The average Bonchev–Trinajstić information content (AvgIpc) is 3.36. The number of hydrogen-bond acceptors (Lipinski definition) is 6. The maximum atomic E-state index is 14.7. The minimum Gasteiger partial charge on any atom is -0.446 e. The zero-order chi connectivity index (χ0) is 20.6. The normalized spacial score (nSPS) is 22.3. The molecule has 2 heterocycles. The number of benzene rings is 1. The van der Waals surface area contributed by atoms with Crippen LogP contribution in [-0.4, -0.2) is 37.4 Å². The zero-order valence-electron chi connectivity index (χ0n) is 16.0. The van der Waals surface area contributed by atoms with Crippen LogP contribution in [0.5, 0.6) is 0 Å². The van der Waals surface area contributed by atoms with E-state index in [4.69, 9.17) is 4.74 Å². The molecule has 10 heteroatoms. The second kappa shape index (κ2) is 7.66. The van der Waals surface area contributed by atoms with Gasteiger partial charge in [-0.05, 0) is 37.8 Å². The van der Waals surface area contributed by atoms with E-state index in [1.165, 1.54) is 6.07 Å². The number of halogens is 1. The number of rotatable bonds is 5. The number of sulfone groups is 1. The molecule has 0 bridgehead atoms. The van der Waals surface area contributed by atoms with Gasteiger partial charge in [0.1, 0.15) is 6.10 Å². The minimum atomic E-state index is -3.27. The molecule has 1 amide bonds. The first kappa shape index (κ1) is 19.7. The number of H-pyrrole nitrogens is 1. The molecule has 1 aromatic carbocycles. The highest BCUT2D eigenvalue weighted by Crippen LogP contribution is 2.37. The lowest BCUT2D eigenvalue weighted by Gasteiger charge is -2.12. The van der Waals surface area contributed by atoms with Gasteiger partial charge in [0.25, 0.3) is 0 Å². The average molecular weight is 422 g/mol. The minimum absolute atomic E-state index is 0.118. The third-order valence-corrected chi connectivity index (χ3v) is 6.84. The van der Waals surface area contributed by atoms with Gasteiger partial charge in [-0.15, -0.1) is 0 Å². The van der Waals surface area contributed by atoms with Crippen LogP contribution in [0, 0.1) is 5.82 Å². The molecule has 2 aliphatic rings. The number of aromatic nitrogens is 2. The van der Waals surface area contributed by atoms with Crippen molar-refractivity contribution in [2.75, 3.05) is 11.9 Å². The Labute approximate surface area is 168 Å². The molecule has 1 aliphatic heterocycles. The van der Waals surface area contributed by atoms with Gasteiger partial charge in [0.15, 0.2) is 21.5 Å². The number of anilines is 2. The van der Waals surface area contributed by atoms with Gasteiger partial charge < -0.3 is 15.4 Å². The predicted octanol–water partition coefficient (Wildman–Crippen LogP) is 3.10. The Morgan fingerprint density at radius 3 is 2.97 bits per heavy atom. The SMILES string of the molecule is CCNC(=O)OC1CCC(c2cc(Nc3ccc4c(c3F)CS(=O)(=O)C4)n[nH]2)C1. The van der Waals surface area contributed by atoms with Crippen molar-refractivity contribution in [1.82, 2.24) is 15.5 Å². The van der Waals surface area contributed by atoms with Crippen molar-refractivity contribution in [3.63, 3.8) is 0 Å². The van der Waals surface area contributed by atoms with E-state index >= 15 is 0 Å². The zero-order valence-corrected chi connectivity index (χ0v) is 16.8. The standard InChI is InChI=1S/C19H23FN4O4S/c1-2-21-19(25)28-13-5-3-11(7-13)16-8-17(24-23-16)22-15-6-4-12-9-29(26,27)10-14(12)18(15)20/h4,6,8,11,13H,2-3,5,7,9-10H2,1H3,(H,21,25)(H2,22,23,24). The molecule has 1 aromatic heterocycles. The van der Waals surface area contributed by atoms with E-state index in [1.807, 2.05) is 13.0 Å². The summed E-state index contributed by atoms with van der Waals surface area (Å²) in [6, 6.07) is 4.98. The van der Waals surface area contributed by atoms with Crippen molar-refractivity contribution in [2.24, 2.45) is 0 Å². The predicted molar refractivity (Wildman–Crippen MR) is 105 cm³/mol. The summed E-state index contributed by atoms with van der Waals surface area (Å²) in [5.41, 5.74) is 1.83. The molecule has 0 spiro atoms. The molecule has 4 rings (SSSR count). The smallest absolute Gasteiger partial charge is 0.407 e. The molecule has 0 saturated heterocycles. The molecule has 2 atom stereocenters. The van der Waals surface area contributed by atoms with Crippen molar-refractivity contribution in [3.8, 4) is 0 Å². The lowest BCUT2D eigenvalue weighted by molar-refractivity contribution is 0.101. The van der Waals surface area contributed by atoms with Crippen molar-refractivity contribution in [1.29, 1.82) is 0 Å². The monoisotopic (exact) mass is 422 g/mol. The lowest BCUT2D eigenvalue weighted by Crippen LogP contribution is -2.27. The van der Waals surface area contributed by atoms with Gasteiger partial charge in [-0.1, -0.05) is 6.07 Å².